The van der Waals surface area contributed by atoms with Crippen LogP contribution in [0.2, 0.25) is 0 Å². The van der Waals surface area contributed by atoms with E-state index in [4.69, 9.17) is 9.72 Å². The van der Waals surface area contributed by atoms with Gasteiger partial charge in [0.25, 0.3) is 0 Å². The van der Waals surface area contributed by atoms with Crippen LogP contribution in [-0.4, -0.2) is 50.0 Å². The van der Waals surface area contributed by atoms with Gasteiger partial charge >= 0.3 is 6.09 Å². The van der Waals surface area contributed by atoms with Gasteiger partial charge in [0, 0.05) is 17.0 Å². The van der Waals surface area contributed by atoms with Crippen LogP contribution < -0.4 is 5.32 Å². The molecule has 0 atom stereocenters. The number of amides is 2. The van der Waals surface area contributed by atoms with Gasteiger partial charge < -0.3 is 15.0 Å². The summed E-state index contributed by atoms with van der Waals surface area (Å²) in [6.45, 7) is 3.17. The van der Waals surface area contributed by atoms with E-state index in [9.17, 15) is 9.59 Å². The van der Waals surface area contributed by atoms with Crippen LogP contribution in [0.4, 0.5) is 9.80 Å². The van der Waals surface area contributed by atoms with Crippen molar-refractivity contribution in [2.45, 2.75) is 26.4 Å². The maximum Gasteiger partial charge on any atom is 0.410 e. The van der Waals surface area contributed by atoms with E-state index >= 15 is 0 Å². The third kappa shape index (κ3) is 4.10. The fourth-order valence-electron chi connectivity index (χ4n) is 4.40. The van der Waals surface area contributed by atoms with Crippen LogP contribution in [0.25, 0.3) is 31.8 Å². The Morgan fingerprint density at radius 3 is 2.72 bits per heavy atom. The van der Waals surface area contributed by atoms with Gasteiger partial charge in [-0.25, -0.2) is 14.5 Å². The largest absolute Gasteiger partial charge is 0.450 e. The van der Waals surface area contributed by atoms with Crippen molar-refractivity contribution >= 4 is 60.9 Å². The van der Waals surface area contributed by atoms with Crippen molar-refractivity contribution in [3.8, 4) is 10.6 Å². The van der Waals surface area contributed by atoms with E-state index in [0.717, 1.165) is 47.3 Å². The van der Waals surface area contributed by atoms with Crippen molar-refractivity contribution in [1.82, 2.24) is 24.9 Å². The number of hydrogen-bond donors (Lipinski definition) is 1. The van der Waals surface area contributed by atoms with Gasteiger partial charge in [0.2, 0.25) is 5.91 Å². The van der Waals surface area contributed by atoms with Crippen molar-refractivity contribution in [2.24, 2.45) is 0 Å². The summed E-state index contributed by atoms with van der Waals surface area (Å²) in [6.07, 6.45) is 0.348. The molecule has 2 aromatic carbocycles. The van der Waals surface area contributed by atoms with Gasteiger partial charge in [0.15, 0.2) is 0 Å². The fraction of sp³-hybridized carbons (Fsp3) is 0.240. The topological polar surface area (TPSA) is 102 Å². The summed E-state index contributed by atoms with van der Waals surface area (Å²) in [5, 5.41) is 13.0. The molecule has 3 aromatic heterocycles. The number of para-hydroxylation sites is 2. The molecule has 0 unspecified atom stereocenters. The highest BCUT2D eigenvalue weighted by atomic mass is 32.1. The normalized spacial score (nSPS) is 13.2. The molecular formula is C25H22N6O3S2. The molecule has 0 spiro atoms. The number of benzene rings is 2. The second kappa shape index (κ2) is 9.32. The van der Waals surface area contributed by atoms with E-state index < -0.39 is 0 Å². The Morgan fingerprint density at radius 1 is 1.08 bits per heavy atom. The summed E-state index contributed by atoms with van der Waals surface area (Å²) < 4.78 is 7.89. The molecule has 4 heterocycles. The van der Waals surface area contributed by atoms with Gasteiger partial charge in [0.05, 0.1) is 28.9 Å². The van der Waals surface area contributed by atoms with Gasteiger partial charge in [-0.2, -0.15) is 0 Å². The minimum Gasteiger partial charge on any atom is -0.450 e. The predicted octanol–water partition coefficient (Wildman–Crippen LogP) is 4.92. The lowest BCUT2D eigenvalue weighted by Gasteiger charge is -2.26. The van der Waals surface area contributed by atoms with Gasteiger partial charge in [-0.1, -0.05) is 29.5 Å². The zero-order valence-electron chi connectivity index (χ0n) is 19.4. The zero-order chi connectivity index (χ0) is 24.6. The third-order valence-electron chi connectivity index (χ3n) is 6.06. The Bertz CT molecular complexity index is 1570. The summed E-state index contributed by atoms with van der Waals surface area (Å²) in [7, 11) is 0. The summed E-state index contributed by atoms with van der Waals surface area (Å²) in [6, 6.07) is 15.5. The highest BCUT2D eigenvalue weighted by molar-refractivity contribution is 7.22. The number of fused-ring (bicyclic) bond motifs is 3. The smallest absolute Gasteiger partial charge is 0.410 e. The molecule has 5 aromatic rings. The minimum absolute atomic E-state index is 0.0390. The number of ether oxygens (including phenoxy) is 1. The van der Waals surface area contributed by atoms with Crippen LogP contribution in [0.15, 0.2) is 48.5 Å². The van der Waals surface area contributed by atoms with Crippen LogP contribution in [0.1, 0.15) is 17.4 Å². The second-order valence-corrected chi connectivity index (χ2v) is 10.5. The molecule has 0 aliphatic carbocycles. The predicted molar refractivity (Wildman–Crippen MR) is 140 cm³/mol. The first-order chi connectivity index (χ1) is 17.6. The Balaban J connectivity index is 1.35. The number of nitrogens with zero attached hydrogens (tertiary/aromatic N) is 5. The number of rotatable bonds is 5. The van der Waals surface area contributed by atoms with Gasteiger partial charge in [-0.05, 0) is 43.2 Å². The molecule has 36 heavy (non-hydrogen) atoms. The standard InChI is InChI=1S/C25H22N6O3S2/c1-2-34-25(33)30-12-11-15-20(13-30)36-24(22(15)23-26-17-8-4-6-10-19(17)35-23)27-21(32)14-31-18-9-5-3-7-16(18)28-29-31/h3-10H,2,11-14H2,1H3,(H,27,32). The molecule has 1 N–H and O–H groups in total. The first kappa shape index (κ1) is 22.6. The molecule has 1 aliphatic heterocycles. The average molecular weight is 519 g/mol. The summed E-state index contributed by atoms with van der Waals surface area (Å²) in [5.74, 6) is -0.200. The molecule has 1 aliphatic rings. The molecule has 0 bridgehead atoms. The Kier molecular flexibility index (Phi) is 5.86. The van der Waals surface area contributed by atoms with Crippen LogP contribution in [-0.2, 0) is 29.0 Å². The highest BCUT2D eigenvalue weighted by Gasteiger charge is 2.30. The Labute approximate surface area is 214 Å². The van der Waals surface area contributed by atoms with E-state index in [1.165, 1.54) is 11.3 Å². The van der Waals surface area contributed by atoms with Gasteiger partial charge in [0.1, 0.15) is 22.1 Å². The van der Waals surface area contributed by atoms with Crippen LogP contribution in [0.3, 0.4) is 0 Å². The molecule has 0 saturated carbocycles. The quantitative estimate of drug-likeness (QED) is 0.354. The third-order valence-corrected chi connectivity index (χ3v) is 8.24. The van der Waals surface area contributed by atoms with Crippen LogP contribution in [0, 0.1) is 0 Å². The van der Waals surface area contributed by atoms with Gasteiger partial charge in [-0.3, -0.25) is 4.79 Å². The SMILES string of the molecule is CCOC(=O)N1CCc2c(sc(NC(=O)Cn3nnc4ccccc43)c2-c2nc3ccccc3s2)C1. The summed E-state index contributed by atoms with van der Waals surface area (Å²) in [5.41, 5.74) is 4.53. The highest BCUT2D eigenvalue weighted by Crippen LogP contribution is 2.45. The number of anilines is 1. The lowest BCUT2D eigenvalue weighted by atomic mass is 10.0. The zero-order valence-corrected chi connectivity index (χ0v) is 21.1. The van der Waals surface area contributed by atoms with E-state index in [1.54, 1.807) is 27.8 Å². The first-order valence-corrected chi connectivity index (χ1v) is 13.2. The molecule has 0 saturated heterocycles. The average Bonchev–Trinajstić information content (AvgIpc) is 3.58. The molecule has 6 rings (SSSR count). The molecule has 0 fully saturated rings. The van der Waals surface area contributed by atoms with Gasteiger partial charge in [-0.15, -0.1) is 27.8 Å². The Morgan fingerprint density at radius 2 is 1.89 bits per heavy atom. The molecule has 11 heteroatoms. The number of carbonyl (C=O) groups excluding carboxylic acids is 2. The van der Waals surface area contributed by atoms with Crippen molar-refractivity contribution in [3.05, 3.63) is 59.0 Å². The fourth-order valence-corrected chi connectivity index (χ4v) is 6.79. The van der Waals surface area contributed by atoms with Crippen molar-refractivity contribution < 1.29 is 14.3 Å². The second-order valence-electron chi connectivity index (χ2n) is 8.35. The van der Waals surface area contributed by atoms with E-state index in [-0.39, 0.29) is 18.5 Å². The Hall–Kier alpha value is -3.83. The van der Waals surface area contributed by atoms with Crippen molar-refractivity contribution in [3.63, 3.8) is 0 Å². The lowest BCUT2D eigenvalue weighted by Crippen LogP contribution is -2.35. The minimum atomic E-state index is -0.318. The summed E-state index contributed by atoms with van der Waals surface area (Å²) in [4.78, 5) is 33.1. The number of thiophene rings is 1. The molecular weight excluding hydrogens is 496 g/mol. The molecule has 182 valence electrons. The molecule has 9 nitrogen and oxygen atoms in total. The summed E-state index contributed by atoms with van der Waals surface area (Å²) >= 11 is 3.09. The number of aromatic nitrogens is 4. The van der Waals surface area contributed by atoms with Crippen LogP contribution >= 0.6 is 22.7 Å². The number of nitrogens with one attached hydrogen (secondary N) is 1. The number of hydrogen-bond acceptors (Lipinski definition) is 8. The maximum absolute atomic E-state index is 13.2. The molecule has 2 amide bonds. The molecule has 0 radical (unpaired) electrons. The van der Waals surface area contributed by atoms with E-state index in [1.807, 2.05) is 48.5 Å². The van der Waals surface area contributed by atoms with E-state index in [2.05, 4.69) is 15.6 Å². The number of thiazole rings is 1. The lowest BCUT2D eigenvalue weighted by molar-refractivity contribution is -0.116. The van der Waals surface area contributed by atoms with Crippen LogP contribution in [0.5, 0.6) is 0 Å². The van der Waals surface area contributed by atoms with Crippen molar-refractivity contribution in [1.29, 1.82) is 0 Å². The first-order valence-electron chi connectivity index (χ1n) is 11.6. The maximum atomic E-state index is 13.2. The van der Waals surface area contributed by atoms with E-state index in [0.29, 0.717) is 26.1 Å². The number of carbonyl (C=O) groups is 2. The monoisotopic (exact) mass is 518 g/mol. The van der Waals surface area contributed by atoms with Crippen molar-refractivity contribution in [2.75, 3.05) is 18.5 Å².